The Hall–Kier alpha value is -2.75. The summed E-state index contributed by atoms with van der Waals surface area (Å²) in [6.45, 7) is -0.140. The van der Waals surface area contributed by atoms with Crippen LogP contribution in [0.2, 0.25) is 0 Å². The third-order valence-corrected chi connectivity index (χ3v) is 4.76. The van der Waals surface area contributed by atoms with Gasteiger partial charge in [0, 0.05) is 19.3 Å². The van der Waals surface area contributed by atoms with Crippen molar-refractivity contribution in [2.75, 3.05) is 12.8 Å². The number of benzene rings is 2. The van der Waals surface area contributed by atoms with Crippen LogP contribution in [0.15, 0.2) is 47.5 Å². The van der Waals surface area contributed by atoms with E-state index >= 15 is 0 Å². The van der Waals surface area contributed by atoms with Crippen LogP contribution < -0.4 is 15.4 Å². The molecular formula is C20H24F3N3O3S. The van der Waals surface area contributed by atoms with Crippen molar-refractivity contribution < 1.29 is 26.3 Å². The van der Waals surface area contributed by atoms with Crippen LogP contribution in [0, 0.1) is 5.82 Å². The van der Waals surface area contributed by atoms with Crippen molar-refractivity contribution in [1.82, 2.24) is 10.6 Å². The van der Waals surface area contributed by atoms with Crippen molar-refractivity contribution in [1.29, 1.82) is 0 Å². The molecule has 0 fully saturated rings. The molecule has 0 heterocycles. The number of sulfone groups is 1. The summed E-state index contributed by atoms with van der Waals surface area (Å²) in [5, 5.41) is 6.06. The van der Waals surface area contributed by atoms with E-state index in [-0.39, 0.29) is 24.6 Å². The fraction of sp³-hybridized carbons (Fsp3) is 0.350. The molecule has 0 aliphatic heterocycles. The van der Waals surface area contributed by atoms with Crippen molar-refractivity contribution in [3.63, 3.8) is 0 Å². The molecule has 0 radical (unpaired) electrons. The van der Waals surface area contributed by atoms with Crippen LogP contribution in [0.1, 0.15) is 23.6 Å². The van der Waals surface area contributed by atoms with Gasteiger partial charge in [0.2, 0.25) is 0 Å². The fourth-order valence-electron chi connectivity index (χ4n) is 2.69. The molecule has 0 saturated heterocycles. The lowest BCUT2D eigenvalue weighted by Crippen LogP contribution is -2.37. The van der Waals surface area contributed by atoms with Crippen LogP contribution >= 0.6 is 0 Å². The number of halogens is 3. The molecule has 6 nitrogen and oxygen atoms in total. The molecule has 0 spiro atoms. The van der Waals surface area contributed by atoms with Gasteiger partial charge in [-0.25, -0.2) is 17.8 Å². The maximum Gasteiger partial charge on any atom is 0.387 e. The van der Waals surface area contributed by atoms with Gasteiger partial charge in [-0.3, -0.25) is 0 Å². The van der Waals surface area contributed by atoms with Crippen LogP contribution in [0.5, 0.6) is 5.75 Å². The SMILES string of the molecule is CCNC(=NCc1cccc(OC(F)F)c1)NCc1cc(F)ccc1CS(C)(=O)=O. The number of guanidine groups is 1. The van der Waals surface area contributed by atoms with Crippen LogP contribution in [0.25, 0.3) is 0 Å². The maximum absolute atomic E-state index is 13.7. The number of nitrogens with zero attached hydrogens (tertiary/aromatic N) is 1. The first-order valence-electron chi connectivity index (χ1n) is 9.17. The largest absolute Gasteiger partial charge is 0.435 e. The van der Waals surface area contributed by atoms with E-state index in [2.05, 4.69) is 20.4 Å². The number of rotatable bonds is 9. The number of hydrogen-bond donors (Lipinski definition) is 2. The number of nitrogens with one attached hydrogen (secondary N) is 2. The van der Waals surface area contributed by atoms with Crippen LogP contribution in [-0.4, -0.2) is 33.8 Å². The minimum atomic E-state index is -3.28. The Balaban J connectivity index is 2.12. The van der Waals surface area contributed by atoms with Crippen molar-refractivity contribution in [2.45, 2.75) is 32.4 Å². The molecule has 0 aliphatic carbocycles. The second-order valence-corrected chi connectivity index (χ2v) is 8.70. The highest BCUT2D eigenvalue weighted by Gasteiger charge is 2.11. The lowest BCUT2D eigenvalue weighted by molar-refractivity contribution is -0.0498. The molecule has 0 saturated carbocycles. The van der Waals surface area contributed by atoms with Crippen molar-refractivity contribution in [3.8, 4) is 5.75 Å². The summed E-state index contributed by atoms with van der Waals surface area (Å²) in [5.74, 6) is -0.218. The van der Waals surface area contributed by atoms with E-state index < -0.39 is 22.3 Å². The lowest BCUT2D eigenvalue weighted by Gasteiger charge is -2.14. The monoisotopic (exact) mass is 443 g/mol. The van der Waals surface area contributed by atoms with Gasteiger partial charge in [0.25, 0.3) is 0 Å². The molecule has 2 rings (SSSR count). The quantitative estimate of drug-likeness (QED) is 0.460. The maximum atomic E-state index is 13.7. The third-order valence-electron chi connectivity index (χ3n) is 3.92. The molecule has 164 valence electrons. The summed E-state index contributed by atoms with van der Waals surface area (Å²) in [6, 6.07) is 10.2. The summed E-state index contributed by atoms with van der Waals surface area (Å²) >= 11 is 0. The van der Waals surface area contributed by atoms with E-state index in [4.69, 9.17) is 0 Å². The van der Waals surface area contributed by atoms with Gasteiger partial charge in [-0.1, -0.05) is 18.2 Å². The molecule has 0 atom stereocenters. The minimum Gasteiger partial charge on any atom is -0.435 e. The highest BCUT2D eigenvalue weighted by Crippen LogP contribution is 2.17. The lowest BCUT2D eigenvalue weighted by atomic mass is 10.1. The van der Waals surface area contributed by atoms with Crippen LogP contribution in [0.4, 0.5) is 13.2 Å². The third kappa shape index (κ3) is 8.32. The summed E-state index contributed by atoms with van der Waals surface area (Å²) in [7, 11) is -3.28. The zero-order valence-electron chi connectivity index (χ0n) is 16.7. The molecule has 0 aromatic heterocycles. The van der Waals surface area contributed by atoms with Gasteiger partial charge >= 0.3 is 6.61 Å². The van der Waals surface area contributed by atoms with Gasteiger partial charge in [0.05, 0.1) is 12.3 Å². The Morgan fingerprint density at radius 3 is 2.57 bits per heavy atom. The summed E-state index contributed by atoms with van der Waals surface area (Å²) in [6.07, 6.45) is 1.12. The highest BCUT2D eigenvalue weighted by molar-refractivity contribution is 7.89. The van der Waals surface area contributed by atoms with Gasteiger partial charge < -0.3 is 15.4 Å². The predicted molar refractivity (Wildman–Crippen MR) is 110 cm³/mol. The Bertz CT molecular complexity index is 982. The van der Waals surface area contributed by atoms with Gasteiger partial charge in [0.1, 0.15) is 11.6 Å². The summed E-state index contributed by atoms with van der Waals surface area (Å²) < 4.78 is 66.0. The first-order chi connectivity index (χ1) is 14.2. The van der Waals surface area contributed by atoms with Crippen molar-refractivity contribution in [2.24, 2.45) is 4.99 Å². The molecule has 2 aromatic rings. The molecule has 0 bridgehead atoms. The second-order valence-electron chi connectivity index (χ2n) is 6.56. The standard InChI is InChI=1S/C20H24F3N3O3S/c1-3-24-20(25-11-14-5-4-6-18(9-14)29-19(22)23)26-12-16-10-17(21)8-7-15(16)13-30(2,27)28/h4-10,19H,3,11-13H2,1-2H3,(H2,24,25,26). The Labute approximate surface area is 174 Å². The average Bonchev–Trinajstić information content (AvgIpc) is 2.64. The van der Waals surface area contributed by atoms with E-state index in [1.165, 1.54) is 30.3 Å². The Morgan fingerprint density at radius 2 is 1.90 bits per heavy atom. The number of alkyl halides is 2. The van der Waals surface area contributed by atoms with E-state index in [1.807, 2.05) is 6.92 Å². The molecule has 2 aromatic carbocycles. The molecule has 0 unspecified atom stereocenters. The molecular weight excluding hydrogens is 419 g/mol. The summed E-state index contributed by atoms with van der Waals surface area (Å²) in [4.78, 5) is 4.39. The van der Waals surface area contributed by atoms with Crippen LogP contribution in [-0.2, 0) is 28.7 Å². The smallest absolute Gasteiger partial charge is 0.387 e. The summed E-state index contributed by atoms with van der Waals surface area (Å²) in [5.41, 5.74) is 1.66. The molecule has 0 aliphatic rings. The normalized spacial score (nSPS) is 12.1. The van der Waals surface area contributed by atoms with E-state index in [0.717, 1.165) is 6.26 Å². The highest BCUT2D eigenvalue weighted by atomic mass is 32.2. The number of hydrogen-bond acceptors (Lipinski definition) is 4. The van der Waals surface area contributed by atoms with Gasteiger partial charge in [-0.15, -0.1) is 0 Å². The minimum absolute atomic E-state index is 0.0424. The van der Waals surface area contributed by atoms with Gasteiger partial charge in [-0.2, -0.15) is 8.78 Å². The van der Waals surface area contributed by atoms with Crippen LogP contribution in [0.3, 0.4) is 0 Å². The van der Waals surface area contributed by atoms with Gasteiger partial charge in [0.15, 0.2) is 15.8 Å². The zero-order chi connectivity index (χ0) is 22.1. The molecule has 10 heteroatoms. The molecule has 2 N–H and O–H groups in total. The zero-order valence-corrected chi connectivity index (χ0v) is 17.5. The average molecular weight is 443 g/mol. The van der Waals surface area contributed by atoms with E-state index in [9.17, 15) is 21.6 Å². The van der Waals surface area contributed by atoms with E-state index in [0.29, 0.717) is 29.2 Å². The van der Waals surface area contributed by atoms with Crippen molar-refractivity contribution >= 4 is 15.8 Å². The van der Waals surface area contributed by atoms with E-state index in [1.54, 1.807) is 12.1 Å². The predicted octanol–water partition coefficient (Wildman–Crippen LogP) is 3.23. The number of ether oxygens (including phenoxy) is 1. The topological polar surface area (TPSA) is 79.8 Å². The first-order valence-corrected chi connectivity index (χ1v) is 11.2. The van der Waals surface area contributed by atoms with Crippen molar-refractivity contribution in [3.05, 3.63) is 65.0 Å². The second kappa shape index (κ2) is 10.9. The fourth-order valence-corrected chi connectivity index (χ4v) is 3.54. The molecule has 0 amide bonds. The molecule has 30 heavy (non-hydrogen) atoms. The Kier molecular flexibility index (Phi) is 8.52. The van der Waals surface area contributed by atoms with Gasteiger partial charge in [-0.05, 0) is 47.9 Å². The number of aliphatic imine (C=N–C) groups is 1. The first kappa shape index (κ1) is 23.5. The Morgan fingerprint density at radius 1 is 1.13 bits per heavy atom.